The summed E-state index contributed by atoms with van der Waals surface area (Å²) >= 11 is 6.11. The average molecular weight is 410 g/mol. The molecule has 0 radical (unpaired) electrons. The highest BCUT2D eigenvalue weighted by Gasteiger charge is 2.24. The Morgan fingerprint density at radius 3 is 2.68 bits per heavy atom. The molecule has 0 aliphatic rings. The van der Waals surface area contributed by atoms with Crippen molar-refractivity contribution in [1.82, 2.24) is 5.32 Å². The van der Waals surface area contributed by atoms with Crippen molar-refractivity contribution in [3.63, 3.8) is 0 Å². The van der Waals surface area contributed by atoms with Crippen molar-refractivity contribution in [2.75, 3.05) is 13.7 Å². The van der Waals surface area contributed by atoms with Crippen molar-refractivity contribution in [3.05, 3.63) is 63.9 Å². The first-order valence-electron chi connectivity index (χ1n) is 8.40. The number of carbonyl (C=O) groups is 1. The van der Waals surface area contributed by atoms with E-state index in [2.05, 4.69) is 10.5 Å². The lowest BCUT2D eigenvalue weighted by Gasteiger charge is -2.18. The van der Waals surface area contributed by atoms with Crippen LogP contribution in [0.2, 0.25) is 5.02 Å². The molecule has 0 bridgehead atoms. The van der Waals surface area contributed by atoms with Gasteiger partial charge in [0, 0.05) is 30.3 Å². The van der Waals surface area contributed by atoms with Crippen molar-refractivity contribution in [2.24, 2.45) is 10.9 Å². The zero-order valence-corrected chi connectivity index (χ0v) is 16.2. The van der Waals surface area contributed by atoms with Crippen LogP contribution < -0.4 is 15.8 Å². The average Bonchev–Trinajstić information content (AvgIpc) is 2.70. The standard InChI is InChI=1S/C19H21ClFN3O4/c1-3-28-17(14-7-5-12(27-2)9-16(14)21)19(25)23-10-11-4-6-13(15(20)8-11)18(22)24-26/h4-9,17,26H,3,10H2,1-2H3,(H2,22,24)(H,23,25). The van der Waals surface area contributed by atoms with E-state index in [4.69, 9.17) is 32.0 Å². The van der Waals surface area contributed by atoms with Crippen LogP contribution in [0, 0.1) is 5.82 Å². The lowest BCUT2D eigenvalue weighted by atomic mass is 10.1. The largest absolute Gasteiger partial charge is 0.497 e. The topological polar surface area (TPSA) is 106 Å². The number of amides is 1. The summed E-state index contributed by atoms with van der Waals surface area (Å²) < 4.78 is 24.8. The maximum Gasteiger partial charge on any atom is 0.254 e. The molecule has 1 atom stereocenters. The predicted molar refractivity (Wildman–Crippen MR) is 103 cm³/mol. The van der Waals surface area contributed by atoms with Crippen molar-refractivity contribution in [1.29, 1.82) is 0 Å². The number of halogens is 2. The van der Waals surface area contributed by atoms with E-state index >= 15 is 0 Å². The number of carbonyl (C=O) groups excluding carboxylic acids is 1. The molecule has 0 heterocycles. The van der Waals surface area contributed by atoms with Crippen molar-refractivity contribution < 1.29 is 23.9 Å². The van der Waals surface area contributed by atoms with E-state index in [0.717, 1.165) is 0 Å². The molecular weight excluding hydrogens is 389 g/mol. The predicted octanol–water partition coefficient (Wildman–Crippen LogP) is 2.98. The van der Waals surface area contributed by atoms with E-state index in [-0.39, 0.29) is 29.6 Å². The Kier molecular flexibility index (Phi) is 7.60. The molecule has 9 heteroatoms. The lowest BCUT2D eigenvalue weighted by Crippen LogP contribution is -2.31. The van der Waals surface area contributed by atoms with Crippen LogP contribution in [0.4, 0.5) is 4.39 Å². The number of hydrogen-bond acceptors (Lipinski definition) is 5. The Labute approximate surface area is 166 Å². The van der Waals surface area contributed by atoms with E-state index in [9.17, 15) is 9.18 Å². The van der Waals surface area contributed by atoms with Gasteiger partial charge in [-0.3, -0.25) is 4.79 Å². The van der Waals surface area contributed by atoms with Gasteiger partial charge in [0.1, 0.15) is 11.6 Å². The Morgan fingerprint density at radius 1 is 1.36 bits per heavy atom. The number of rotatable bonds is 8. The summed E-state index contributed by atoms with van der Waals surface area (Å²) in [6.45, 7) is 2.08. The van der Waals surface area contributed by atoms with Gasteiger partial charge in [-0.1, -0.05) is 22.8 Å². The third kappa shape index (κ3) is 5.11. The summed E-state index contributed by atoms with van der Waals surface area (Å²) in [4.78, 5) is 12.6. The molecule has 0 fully saturated rings. The van der Waals surface area contributed by atoms with Gasteiger partial charge in [0.2, 0.25) is 0 Å². The Morgan fingerprint density at radius 2 is 2.11 bits per heavy atom. The highest BCUT2D eigenvalue weighted by atomic mass is 35.5. The first-order chi connectivity index (χ1) is 13.4. The minimum Gasteiger partial charge on any atom is -0.497 e. The number of nitrogens with zero attached hydrogens (tertiary/aromatic N) is 1. The quantitative estimate of drug-likeness (QED) is 0.269. The fourth-order valence-corrected chi connectivity index (χ4v) is 2.83. The Hall–Kier alpha value is -2.84. The molecule has 2 aromatic carbocycles. The fourth-order valence-electron chi connectivity index (χ4n) is 2.53. The zero-order valence-electron chi connectivity index (χ0n) is 15.4. The van der Waals surface area contributed by atoms with E-state index in [1.54, 1.807) is 31.2 Å². The number of nitrogens with two attached hydrogens (primary N) is 1. The van der Waals surface area contributed by atoms with Gasteiger partial charge in [-0.05, 0) is 36.8 Å². The number of ether oxygens (including phenoxy) is 2. The Balaban J connectivity index is 2.14. The monoisotopic (exact) mass is 409 g/mol. The van der Waals surface area contributed by atoms with Crippen LogP contribution in [-0.4, -0.2) is 30.7 Å². The van der Waals surface area contributed by atoms with Gasteiger partial charge in [0.15, 0.2) is 11.9 Å². The zero-order chi connectivity index (χ0) is 20.7. The smallest absolute Gasteiger partial charge is 0.254 e. The second kappa shape index (κ2) is 9.91. The van der Waals surface area contributed by atoms with Crippen molar-refractivity contribution >= 4 is 23.3 Å². The minimum atomic E-state index is -1.11. The van der Waals surface area contributed by atoms with Crippen LogP contribution in [0.5, 0.6) is 5.75 Å². The third-order valence-corrected chi connectivity index (χ3v) is 4.26. The van der Waals surface area contributed by atoms with E-state index in [1.807, 2.05) is 0 Å². The lowest BCUT2D eigenvalue weighted by molar-refractivity contribution is -0.133. The molecule has 150 valence electrons. The van der Waals surface area contributed by atoms with E-state index in [1.165, 1.54) is 19.2 Å². The molecule has 0 aliphatic carbocycles. The molecule has 0 aromatic heterocycles. The molecule has 1 unspecified atom stereocenters. The van der Waals surface area contributed by atoms with Crippen molar-refractivity contribution in [2.45, 2.75) is 19.6 Å². The van der Waals surface area contributed by atoms with Crippen molar-refractivity contribution in [3.8, 4) is 5.75 Å². The molecular formula is C19H21ClFN3O4. The third-order valence-electron chi connectivity index (χ3n) is 3.95. The number of methoxy groups -OCH3 is 1. The molecule has 2 aromatic rings. The van der Waals surface area contributed by atoms with Crippen LogP contribution in [0.1, 0.15) is 29.7 Å². The molecule has 0 saturated heterocycles. The molecule has 28 heavy (non-hydrogen) atoms. The molecule has 0 spiro atoms. The second-order valence-corrected chi connectivity index (χ2v) is 6.15. The molecule has 2 rings (SSSR count). The summed E-state index contributed by atoms with van der Waals surface area (Å²) in [6.07, 6.45) is -1.11. The highest BCUT2D eigenvalue weighted by molar-refractivity contribution is 6.34. The van der Waals surface area contributed by atoms with Gasteiger partial charge < -0.3 is 25.7 Å². The summed E-state index contributed by atoms with van der Waals surface area (Å²) in [5.74, 6) is -0.869. The van der Waals surface area contributed by atoms with E-state index < -0.39 is 17.8 Å². The van der Waals surface area contributed by atoms with Gasteiger partial charge in [-0.2, -0.15) is 0 Å². The van der Waals surface area contributed by atoms with Gasteiger partial charge in [0.05, 0.1) is 12.1 Å². The molecule has 1 amide bonds. The van der Waals surface area contributed by atoms with Crippen LogP contribution >= 0.6 is 11.6 Å². The maximum absolute atomic E-state index is 14.3. The van der Waals surface area contributed by atoms with Gasteiger partial charge >= 0.3 is 0 Å². The summed E-state index contributed by atoms with van der Waals surface area (Å²) in [5.41, 5.74) is 6.68. The molecule has 0 saturated carbocycles. The van der Waals surface area contributed by atoms with Gasteiger partial charge in [-0.15, -0.1) is 0 Å². The Bertz CT molecular complexity index is 876. The minimum absolute atomic E-state index is 0.112. The molecule has 4 N–H and O–H groups in total. The maximum atomic E-state index is 14.3. The van der Waals surface area contributed by atoms with E-state index in [0.29, 0.717) is 16.9 Å². The van der Waals surface area contributed by atoms with Crippen LogP contribution in [0.15, 0.2) is 41.6 Å². The summed E-state index contributed by atoms with van der Waals surface area (Å²) in [5, 5.41) is 14.6. The van der Waals surface area contributed by atoms with Crippen LogP contribution in [0.25, 0.3) is 0 Å². The number of nitrogens with one attached hydrogen (secondary N) is 1. The first-order valence-corrected chi connectivity index (χ1v) is 8.78. The number of benzene rings is 2. The summed E-state index contributed by atoms with van der Waals surface area (Å²) in [7, 11) is 1.43. The molecule has 7 nitrogen and oxygen atoms in total. The number of amidine groups is 1. The SMILES string of the molecule is CCOC(C(=O)NCc1ccc(C(N)=NO)c(Cl)c1)c1ccc(OC)cc1F. The van der Waals surface area contributed by atoms with Crippen LogP contribution in [0.3, 0.4) is 0 Å². The van der Waals surface area contributed by atoms with Crippen LogP contribution in [-0.2, 0) is 16.1 Å². The number of hydrogen-bond donors (Lipinski definition) is 3. The van der Waals surface area contributed by atoms with Gasteiger partial charge in [0.25, 0.3) is 5.91 Å². The molecule has 0 aliphatic heterocycles. The second-order valence-electron chi connectivity index (χ2n) is 5.74. The first kappa shape index (κ1) is 21.5. The number of oxime groups is 1. The summed E-state index contributed by atoms with van der Waals surface area (Å²) in [6, 6.07) is 9.03. The van der Waals surface area contributed by atoms with Gasteiger partial charge in [-0.25, -0.2) is 4.39 Å². The fraction of sp³-hybridized carbons (Fsp3) is 0.263. The highest BCUT2D eigenvalue weighted by Crippen LogP contribution is 2.25. The normalized spacial score (nSPS) is 12.5.